The van der Waals surface area contributed by atoms with Crippen LogP contribution in [-0.4, -0.2) is 50.5 Å². The predicted octanol–water partition coefficient (Wildman–Crippen LogP) is 1.06. The van der Waals surface area contributed by atoms with E-state index in [-0.39, 0.29) is 23.4 Å². The molecule has 2 rings (SSSR count). The van der Waals surface area contributed by atoms with Gasteiger partial charge in [-0.05, 0) is 41.5 Å². The fraction of sp³-hybridized carbons (Fsp3) is 1.00. The highest BCUT2D eigenvalue weighted by molar-refractivity contribution is 7.11. The summed E-state index contributed by atoms with van der Waals surface area (Å²) in [7, 11) is -0.957. The Labute approximate surface area is 117 Å². The lowest BCUT2D eigenvalue weighted by molar-refractivity contribution is 0.00578. The number of hydrogen-bond acceptors (Lipinski definition) is 5. The third kappa shape index (κ3) is 3.34. The van der Waals surface area contributed by atoms with Crippen molar-refractivity contribution >= 4 is 14.0 Å². The van der Waals surface area contributed by atoms with Gasteiger partial charge in [0.1, 0.15) is 0 Å². The van der Waals surface area contributed by atoms with Gasteiger partial charge in [-0.25, -0.2) is 0 Å². The lowest BCUT2D eigenvalue weighted by Crippen LogP contribution is -2.52. The number of rotatable bonds is 1. The Morgan fingerprint density at radius 1 is 0.842 bits per heavy atom. The highest BCUT2D eigenvalue weighted by atomic mass is 16.7. The Bertz CT molecular complexity index is 299. The molecule has 1 N–H and O–H groups in total. The molecule has 2 saturated heterocycles. The molecule has 7 heteroatoms. The van der Waals surface area contributed by atoms with E-state index >= 15 is 0 Å². The van der Waals surface area contributed by atoms with Crippen LogP contribution in [0.15, 0.2) is 0 Å². The molecule has 0 unspecified atom stereocenters. The fourth-order valence-electron chi connectivity index (χ4n) is 2.20. The predicted molar refractivity (Wildman–Crippen MR) is 75.8 cm³/mol. The van der Waals surface area contributed by atoms with Crippen LogP contribution in [0.3, 0.4) is 0 Å². The molecule has 0 aromatic rings. The van der Waals surface area contributed by atoms with E-state index in [0.29, 0.717) is 0 Å². The normalized spacial score (nSPS) is 35.1. The Morgan fingerprint density at radius 2 is 1.26 bits per heavy atom. The average Bonchev–Trinajstić information content (AvgIpc) is 2.44. The molecule has 19 heavy (non-hydrogen) atoms. The molecule has 2 heterocycles. The SMILES string of the molecule is C[C@H]1CNC[C@H](C)OB(B2OC(C)(C)C(C)(C)O2)O1. The van der Waals surface area contributed by atoms with Crippen LogP contribution in [0.4, 0.5) is 0 Å². The summed E-state index contributed by atoms with van der Waals surface area (Å²) in [6, 6.07) is 0. The number of nitrogens with one attached hydrogen (secondary N) is 1. The van der Waals surface area contributed by atoms with Crippen LogP contribution in [0.25, 0.3) is 0 Å². The van der Waals surface area contributed by atoms with E-state index < -0.39 is 14.0 Å². The van der Waals surface area contributed by atoms with Gasteiger partial charge in [0.2, 0.25) is 0 Å². The molecule has 0 aromatic carbocycles. The molecule has 0 amide bonds. The number of hydrogen-bond donors (Lipinski definition) is 1. The summed E-state index contributed by atoms with van der Waals surface area (Å²) >= 11 is 0. The van der Waals surface area contributed by atoms with E-state index in [9.17, 15) is 0 Å². The van der Waals surface area contributed by atoms with Gasteiger partial charge in [-0.1, -0.05) is 0 Å². The Morgan fingerprint density at radius 3 is 1.68 bits per heavy atom. The topological polar surface area (TPSA) is 49.0 Å². The molecule has 2 atom stereocenters. The van der Waals surface area contributed by atoms with Crippen molar-refractivity contribution in [3.63, 3.8) is 0 Å². The molecule has 0 saturated carbocycles. The van der Waals surface area contributed by atoms with Crippen molar-refractivity contribution in [3.8, 4) is 0 Å². The average molecular weight is 269 g/mol. The smallest absolute Gasteiger partial charge is 0.409 e. The molecule has 2 fully saturated rings. The first-order valence-corrected chi connectivity index (χ1v) is 7.08. The van der Waals surface area contributed by atoms with Gasteiger partial charge in [0.25, 0.3) is 0 Å². The summed E-state index contributed by atoms with van der Waals surface area (Å²) in [5.41, 5.74) is -0.727. The summed E-state index contributed by atoms with van der Waals surface area (Å²) < 4.78 is 23.8. The lowest BCUT2D eigenvalue weighted by Gasteiger charge is -2.32. The van der Waals surface area contributed by atoms with E-state index in [1.165, 1.54) is 0 Å². The van der Waals surface area contributed by atoms with Crippen LogP contribution in [-0.2, 0) is 18.6 Å². The van der Waals surface area contributed by atoms with E-state index in [1.807, 2.05) is 41.5 Å². The molecule has 5 nitrogen and oxygen atoms in total. The van der Waals surface area contributed by atoms with Crippen molar-refractivity contribution in [1.82, 2.24) is 5.32 Å². The molecule has 0 aliphatic carbocycles. The van der Waals surface area contributed by atoms with Gasteiger partial charge in [0, 0.05) is 13.1 Å². The summed E-state index contributed by atoms with van der Waals surface area (Å²) in [5.74, 6) is 0. The van der Waals surface area contributed by atoms with Crippen molar-refractivity contribution in [1.29, 1.82) is 0 Å². The molecule has 0 bridgehead atoms. The minimum atomic E-state index is -0.479. The molecule has 0 aromatic heterocycles. The van der Waals surface area contributed by atoms with Crippen LogP contribution in [0.1, 0.15) is 41.5 Å². The first-order chi connectivity index (χ1) is 8.71. The van der Waals surface area contributed by atoms with Crippen molar-refractivity contribution < 1.29 is 18.6 Å². The summed E-state index contributed by atoms with van der Waals surface area (Å²) in [5, 5.41) is 3.30. The Hall–Kier alpha value is -0.0701. The van der Waals surface area contributed by atoms with E-state index in [2.05, 4.69) is 5.32 Å². The third-order valence-electron chi connectivity index (χ3n) is 4.09. The fourth-order valence-corrected chi connectivity index (χ4v) is 2.20. The zero-order valence-corrected chi connectivity index (χ0v) is 12.9. The molecule has 2 aliphatic rings. The van der Waals surface area contributed by atoms with Crippen molar-refractivity contribution in [2.24, 2.45) is 0 Å². The molecule has 2 aliphatic heterocycles. The minimum Gasteiger partial charge on any atom is -0.409 e. The van der Waals surface area contributed by atoms with Gasteiger partial charge in [0.05, 0.1) is 23.4 Å². The zero-order valence-electron chi connectivity index (χ0n) is 12.9. The van der Waals surface area contributed by atoms with E-state index in [4.69, 9.17) is 18.6 Å². The van der Waals surface area contributed by atoms with Gasteiger partial charge in [-0.3, -0.25) is 0 Å². The quantitative estimate of drug-likeness (QED) is 0.721. The highest BCUT2D eigenvalue weighted by Gasteiger charge is 2.57. The summed E-state index contributed by atoms with van der Waals surface area (Å²) in [6.07, 6.45) is 0.132. The second-order valence-electron chi connectivity index (χ2n) is 6.54. The first kappa shape index (κ1) is 15.3. The highest BCUT2D eigenvalue weighted by Crippen LogP contribution is 2.37. The lowest BCUT2D eigenvalue weighted by atomic mass is 9.48. The third-order valence-corrected chi connectivity index (χ3v) is 4.09. The van der Waals surface area contributed by atoms with Crippen LogP contribution in [0.2, 0.25) is 0 Å². The largest absolute Gasteiger partial charge is 0.488 e. The second kappa shape index (κ2) is 5.37. The standard InChI is InChI=1S/C12H25B2NO4/c1-9-7-15-8-10(2)17-13(16-9)14-18-11(3,4)12(5,6)19-14/h9-10,15H,7-8H2,1-6H3/t9-,10-/m0/s1. The second-order valence-corrected chi connectivity index (χ2v) is 6.54. The Kier molecular flexibility index (Phi) is 4.33. The minimum absolute atomic E-state index is 0.0662. The van der Waals surface area contributed by atoms with Crippen LogP contribution in [0, 0.1) is 0 Å². The summed E-state index contributed by atoms with van der Waals surface area (Å²) in [4.78, 5) is 0. The molecular formula is C12H25B2NO4. The first-order valence-electron chi connectivity index (χ1n) is 7.08. The van der Waals surface area contributed by atoms with Crippen molar-refractivity contribution in [3.05, 3.63) is 0 Å². The van der Waals surface area contributed by atoms with Crippen LogP contribution < -0.4 is 5.32 Å². The molecule has 108 valence electrons. The maximum Gasteiger partial charge on any atom is 0.488 e. The molecule has 0 radical (unpaired) electrons. The Balaban J connectivity index is 2.07. The van der Waals surface area contributed by atoms with Gasteiger partial charge in [-0.15, -0.1) is 0 Å². The maximum absolute atomic E-state index is 6.00. The van der Waals surface area contributed by atoms with E-state index in [1.54, 1.807) is 0 Å². The van der Waals surface area contributed by atoms with Gasteiger partial charge in [-0.2, -0.15) is 0 Å². The monoisotopic (exact) mass is 269 g/mol. The van der Waals surface area contributed by atoms with Crippen molar-refractivity contribution in [2.75, 3.05) is 13.1 Å². The van der Waals surface area contributed by atoms with Gasteiger partial charge >= 0.3 is 14.0 Å². The van der Waals surface area contributed by atoms with Crippen LogP contribution >= 0.6 is 0 Å². The van der Waals surface area contributed by atoms with E-state index in [0.717, 1.165) is 13.1 Å². The summed E-state index contributed by atoms with van der Waals surface area (Å²) in [6.45, 7) is 13.8. The molecule has 0 spiro atoms. The maximum atomic E-state index is 6.00. The van der Waals surface area contributed by atoms with Crippen molar-refractivity contribution in [2.45, 2.75) is 65.0 Å². The van der Waals surface area contributed by atoms with Gasteiger partial charge < -0.3 is 23.9 Å². The van der Waals surface area contributed by atoms with Gasteiger partial charge in [0.15, 0.2) is 0 Å². The van der Waals surface area contributed by atoms with Crippen LogP contribution in [0.5, 0.6) is 0 Å². The zero-order chi connectivity index (χ0) is 14.3. The molecular weight excluding hydrogens is 244 g/mol.